The van der Waals surface area contributed by atoms with Crippen molar-refractivity contribution in [2.75, 3.05) is 13.7 Å². The van der Waals surface area contributed by atoms with E-state index in [-0.39, 0.29) is 42.2 Å². The van der Waals surface area contributed by atoms with E-state index in [1.807, 2.05) is 13.8 Å². The number of aromatic nitrogens is 1. The molecule has 0 aliphatic heterocycles. The van der Waals surface area contributed by atoms with E-state index in [9.17, 15) is 9.59 Å². The number of esters is 1. The van der Waals surface area contributed by atoms with Crippen molar-refractivity contribution in [3.05, 3.63) is 26.5 Å². The first-order valence-electron chi connectivity index (χ1n) is 13.2. The van der Waals surface area contributed by atoms with Crippen LogP contribution in [0.1, 0.15) is 89.8 Å². The lowest BCUT2D eigenvalue weighted by molar-refractivity contribution is -0.136. The van der Waals surface area contributed by atoms with Gasteiger partial charge in [-0.2, -0.15) is 0 Å². The van der Waals surface area contributed by atoms with E-state index in [0.29, 0.717) is 6.42 Å². The molecule has 0 radical (unpaired) electrons. The van der Waals surface area contributed by atoms with Gasteiger partial charge in [0.25, 0.3) is 0 Å². The Morgan fingerprint density at radius 1 is 1.17 bits per heavy atom. The summed E-state index contributed by atoms with van der Waals surface area (Å²) in [7, 11) is -0.258. The quantitative estimate of drug-likeness (QED) is 0.0738. The highest BCUT2D eigenvalue weighted by Crippen LogP contribution is 2.36. The molecule has 1 unspecified atom stereocenters. The average molecular weight is 540 g/mol. The second kappa shape index (κ2) is 15.3. The molecule has 0 aliphatic rings. The Morgan fingerprint density at radius 2 is 1.78 bits per heavy atom. The molecule has 204 valence electrons. The monoisotopic (exact) mass is 539 g/mol. The second-order valence-electron chi connectivity index (χ2n) is 9.67. The minimum absolute atomic E-state index is 0.0675. The third kappa shape index (κ3) is 8.29. The van der Waals surface area contributed by atoms with Crippen LogP contribution in [0.2, 0.25) is 18.1 Å². The van der Waals surface area contributed by atoms with Crippen molar-refractivity contribution in [1.29, 1.82) is 0 Å². The van der Waals surface area contributed by atoms with Crippen LogP contribution in [0.15, 0.2) is 10.5 Å². The van der Waals surface area contributed by atoms with Crippen LogP contribution in [0, 0.1) is 11.8 Å². The first-order valence-corrected chi connectivity index (χ1v) is 16.6. The summed E-state index contributed by atoms with van der Waals surface area (Å²) in [5, 5.41) is 6.28. The van der Waals surface area contributed by atoms with Crippen LogP contribution in [0.25, 0.3) is 10.4 Å². The van der Waals surface area contributed by atoms with Crippen molar-refractivity contribution in [2.45, 2.75) is 105 Å². The molecule has 0 saturated carbocycles. The maximum atomic E-state index is 13.5. The maximum Gasteiger partial charge on any atom is 0.357 e. The Bertz CT molecular complexity index is 877. The Kier molecular flexibility index (Phi) is 13.7. The highest BCUT2D eigenvalue weighted by molar-refractivity contribution is 7.09. The molecule has 0 bridgehead atoms. The molecule has 0 aromatic carbocycles. The van der Waals surface area contributed by atoms with E-state index in [2.05, 4.69) is 49.6 Å². The molecule has 1 aromatic rings. The Labute approximate surface area is 221 Å². The van der Waals surface area contributed by atoms with E-state index in [4.69, 9.17) is 14.7 Å². The average Bonchev–Trinajstić information content (AvgIpc) is 3.37. The number of hydrogen-bond donors (Lipinski definition) is 0. The second-order valence-corrected chi connectivity index (χ2v) is 15.3. The van der Waals surface area contributed by atoms with E-state index in [1.165, 1.54) is 11.3 Å². The summed E-state index contributed by atoms with van der Waals surface area (Å²) in [5.74, 6) is -0.570. The SMILES string of the molecule is CCOC(=O)c1csc(C(C[C@H](C(C)C)N(C)C(=O)[C@@H](N=[N+]=[N-])[C@@H](C)CC)O[Si](CC)(CC)CC)n1. The molecule has 1 aromatic heterocycles. The molecule has 1 rings (SSSR count). The lowest BCUT2D eigenvalue weighted by Gasteiger charge is -2.38. The number of likely N-dealkylation sites (N-methyl/N-ethyl adjacent to an activating group) is 1. The molecule has 1 amide bonds. The molecule has 0 fully saturated rings. The smallest absolute Gasteiger partial charge is 0.357 e. The molecule has 1 heterocycles. The number of thiazole rings is 1. The van der Waals surface area contributed by atoms with E-state index < -0.39 is 20.3 Å². The van der Waals surface area contributed by atoms with Crippen molar-refractivity contribution >= 4 is 31.5 Å². The van der Waals surface area contributed by atoms with Gasteiger partial charge in [0.05, 0.1) is 12.7 Å². The summed E-state index contributed by atoms with van der Waals surface area (Å²) in [6.45, 7) is 16.6. The van der Waals surface area contributed by atoms with Gasteiger partial charge in [-0.05, 0) is 48.8 Å². The highest BCUT2D eigenvalue weighted by atomic mass is 32.1. The Balaban J connectivity index is 3.42. The standard InChI is InChI=1S/C25H45N5O4SSi/c1-10-18(8)22(28-29-26)24(31)30(9)20(17(6)7)15-21(34-36(12-3,13-4)14-5)23-27-19(16-35-23)25(32)33-11-2/h16-18,20-22H,10-15H2,1-9H3/t18-,20+,21?,22-/m0/s1. The van der Waals surface area contributed by atoms with Crippen LogP contribution in [0.5, 0.6) is 0 Å². The van der Waals surface area contributed by atoms with E-state index >= 15 is 0 Å². The van der Waals surface area contributed by atoms with E-state index in [1.54, 1.807) is 24.3 Å². The molecular weight excluding hydrogens is 494 g/mol. The summed E-state index contributed by atoms with van der Waals surface area (Å²) in [6.07, 6.45) is 0.914. The number of azide groups is 1. The lowest BCUT2D eigenvalue weighted by Crippen LogP contribution is -2.48. The van der Waals surface area contributed by atoms with Gasteiger partial charge in [-0.1, -0.05) is 60.0 Å². The fourth-order valence-electron chi connectivity index (χ4n) is 4.39. The number of carbonyl (C=O) groups is 2. The minimum Gasteiger partial charge on any atom is -0.461 e. The van der Waals surface area contributed by atoms with Crippen molar-refractivity contribution < 1.29 is 18.8 Å². The molecule has 9 nitrogen and oxygen atoms in total. The number of nitrogens with zero attached hydrogens (tertiary/aromatic N) is 5. The fourth-order valence-corrected chi connectivity index (χ4v) is 8.12. The van der Waals surface area contributed by atoms with Gasteiger partial charge in [-0.15, -0.1) is 11.3 Å². The zero-order valence-corrected chi connectivity index (χ0v) is 25.3. The van der Waals surface area contributed by atoms with Gasteiger partial charge in [-0.3, -0.25) is 4.79 Å². The van der Waals surface area contributed by atoms with Crippen molar-refractivity contribution in [1.82, 2.24) is 9.88 Å². The normalized spacial score (nSPS) is 15.1. The summed E-state index contributed by atoms with van der Waals surface area (Å²) in [6, 6.07) is 1.99. The molecule has 0 spiro atoms. The van der Waals surface area contributed by atoms with Gasteiger partial charge in [0.15, 0.2) is 14.0 Å². The summed E-state index contributed by atoms with van der Waals surface area (Å²) < 4.78 is 12.1. The molecule has 4 atom stereocenters. The largest absolute Gasteiger partial charge is 0.461 e. The van der Waals surface area contributed by atoms with Gasteiger partial charge in [0, 0.05) is 23.4 Å². The number of hydrogen-bond acceptors (Lipinski definition) is 7. The lowest BCUT2D eigenvalue weighted by atomic mass is 9.93. The molecular formula is C25H45N5O4SSi. The van der Waals surface area contributed by atoms with Crippen LogP contribution in [-0.4, -0.2) is 55.8 Å². The maximum absolute atomic E-state index is 13.5. The van der Waals surface area contributed by atoms with Crippen LogP contribution in [-0.2, 0) is 14.0 Å². The van der Waals surface area contributed by atoms with Crippen LogP contribution >= 0.6 is 11.3 Å². The van der Waals surface area contributed by atoms with Crippen molar-refractivity contribution in [3.8, 4) is 0 Å². The van der Waals surface area contributed by atoms with E-state index in [0.717, 1.165) is 29.6 Å². The Hall–Kier alpha value is -1.94. The first-order chi connectivity index (χ1) is 17.0. The minimum atomic E-state index is -2.04. The van der Waals surface area contributed by atoms with Gasteiger partial charge in [-0.25, -0.2) is 9.78 Å². The summed E-state index contributed by atoms with van der Waals surface area (Å²) in [4.78, 5) is 35.0. The summed E-state index contributed by atoms with van der Waals surface area (Å²) in [5.41, 5.74) is 9.36. The molecule has 36 heavy (non-hydrogen) atoms. The zero-order chi connectivity index (χ0) is 27.5. The topological polar surface area (TPSA) is 117 Å². The molecule has 0 N–H and O–H groups in total. The van der Waals surface area contributed by atoms with Gasteiger partial charge in [0.2, 0.25) is 5.91 Å². The predicted molar refractivity (Wildman–Crippen MR) is 147 cm³/mol. The molecule has 0 aliphatic carbocycles. The third-order valence-electron chi connectivity index (χ3n) is 7.29. The van der Waals surface area contributed by atoms with Crippen molar-refractivity contribution in [2.24, 2.45) is 17.0 Å². The van der Waals surface area contributed by atoms with Crippen LogP contribution in [0.3, 0.4) is 0 Å². The third-order valence-corrected chi connectivity index (χ3v) is 12.9. The van der Waals surface area contributed by atoms with Crippen LogP contribution < -0.4 is 0 Å². The number of carbonyl (C=O) groups excluding carboxylic acids is 2. The molecule has 11 heteroatoms. The van der Waals surface area contributed by atoms with Gasteiger partial charge >= 0.3 is 5.97 Å². The number of ether oxygens (including phenoxy) is 1. The number of rotatable bonds is 16. The van der Waals surface area contributed by atoms with Gasteiger partial charge in [0.1, 0.15) is 11.0 Å². The highest BCUT2D eigenvalue weighted by Gasteiger charge is 2.38. The molecule has 0 saturated heterocycles. The van der Waals surface area contributed by atoms with Crippen molar-refractivity contribution in [3.63, 3.8) is 0 Å². The first kappa shape index (κ1) is 32.1. The predicted octanol–water partition coefficient (Wildman–Crippen LogP) is 6.98. The Morgan fingerprint density at radius 3 is 2.25 bits per heavy atom. The summed E-state index contributed by atoms with van der Waals surface area (Å²) >= 11 is 1.40. The van der Waals surface area contributed by atoms with Crippen LogP contribution in [0.4, 0.5) is 0 Å². The fraction of sp³-hybridized carbons (Fsp3) is 0.800. The zero-order valence-electron chi connectivity index (χ0n) is 23.5. The number of amides is 1. The van der Waals surface area contributed by atoms with Gasteiger partial charge < -0.3 is 14.1 Å².